The zero-order valence-corrected chi connectivity index (χ0v) is 10.5. The van der Waals surface area contributed by atoms with E-state index in [1.54, 1.807) is 24.3 Å². The summed E-state index contributed by atoms with van der Waals surface area (Å²) in [7, 11) is 0. The van der Waals surface area contributed by atoms with Crippen LogP contribution in [-0.2, 0) is 9.59 Å². The minimum atomic E-state index is -0.536. The van der Waals surface area contributed by atoms with Gasteiger partial charge in [0.1, 0.15) is 5.75 Å². The summed E-state index contributed by atoms with van der Waals surface area (Å²) in [6.45, 7) is 1.41. The fourth-order valence-electron chi connectivity index (χ4n) is 1.94. The third kappa shape index (κ3) is 3.96. The van der Waals surface area contributed by atoms with Crippen LogP contribution in [0.1, 0.15) is 6.42 Å². The van der Waals surface area contributed by atoms with Crippen LogP contribution in [0, 0.1) is 5.92 Å². The number of carbonyl (C=O) groups excluding carboxylic acids is 2. The first kappa shape index (κ1) is 13.4. The third-order valence-corrected chi connectivity index (χ3v) is 2.91. The number of ether oxygens (including phenoxy) is 1. The van der Waals surface area contributed by atoms with Crippen molar-refractivity contribution >= 4 is 17.5 Å². The largest absolute Gasteiger partial charge is 0.484 e. The first-order valence-corrected chi connectivity index (χ1v) is 6.18. The molecule has 6 heteroatoms. The lowest BCUT2D eigenvalue weighted by molar-refractivity contribution is -0.120. The number of amides is 2. The van der Waals surface area contributed by atoms with E-state index >= 15 is 0 Å². The zero-order chi connectivity index (χ0) is 13.7. The lowest BCUT2D eigenvalue weighted by atomic mass is 10.1. The van der Waals surface area contributed by atoms with E-state index in [1.165, 1.54) is 0 Å². The molecule has 0 spiro atoms. The number of anilines is 1. The number of nitrogens with one attached hydrogen (secondary N) is 2. The molecule has 2 amide bonds. The molecule has 0 aliphatic carbocycles. The quantitative estimate of drug-likeness (QED) is 0.702. The van der Waals surface area contributed by atoms with E-state index in [-0.39, 0.29) is 18.4 Å². The summed E-state index contributed by atoms with van der Waals surface area (Å²) < 4.78 is 5.18. The number of nitrogens with two attached hydrogens (primary N) is 1. The maximum atomic E-state index is 11.9. The van der Waals surface area contributed by atoms with Crippen LogP contribution in [0.2, 0.25) is 0 Å². The molecule has 102 valence electrons. The van der Waals surface area contributed by atoms with Gasteiger partial charge in [0.2, 0.25) is 5.91 Å². The van der Waals surface area contributed by atoms with E-state index < -0.39 is 5.91 Å². The van der Waals surface area contributed by atoms with Crippen molar-refractivity contribution in [1.82, 2.24) is 5.32 Å². The molecule has 0 radical (unpaired) electrons. The van der Waals surface area contributed by atoms with Crippen LogP contribution in [0.4, 0.5) is 5.69 Å². The second-order valence-electron chi connectivity index (χ2n) is 4.46. The Labute approximate surface area is 111 Å². The molecule has 1 aromatic rings. The molecule has 1 fully saturated rings. The van der Waals surface area contributed by atoms with Gasteiger partial charge in [-0.2, -0.15) is 0 Å². The highest BCUT2D eigenvalue weighted by Crippen LogP contribution is 2.19. The molecule has 2 rings (SSSR count). The molecule has 1 atom stereocenters. The van der Waals surface area contributed by atoms with Crippen LogP contribution < -0.4 is 21.1 Å². The third-order valence-electron chi connectivity index (χ3n) is 2.91. The molecule has 19 heavy (non-hydrogen) atoms. The first-order chi connectivity index (χ1) is 9.15. The first-order valence-electron chi connectivity index (χ1n) is 6.18. The Morgan fingerprint density at radius 3 is 3.00 bits per heavy atom. The molecule has 4 N–H and O–H groups in total. The fourth-order valence-corrected chi connectivity index (χ4v) is 1.94. The summed E-state index contributed by atoms with van der Waals surface area (Å²) in [6.07, 6.45) is 0.851. The van der Waals surface area contributed by atoms with Crippen LogP contribution in [-0.4, -0.2) is 31.5 Å². The van der Waals surface area contributed by atoms with Gasteiger partial charge in [-0.1, -0.05) is 6.07 Å². The van der Waals surface area contributed by atoms with Crippen molar-refractivity contribution in [1.29, 1.82) is 0 Å². The Kier molecular flexibility index (Phi) is 4.35. The standard InChI is InChI=1S/C13H17N3O3/c14-12(17)8-19-11-3-1-2-10(6-11)16-13(18)9-4-5-15-7-9/h1-3,6,9,15H,4-5,7-8H2,(H2,14,17)(H,16,18). The van der Waals surface area contributed by atoms with Crippen LogP contribution >= 0.6 is 0 Å². The summed E-state index contributed by atoms with van der Waals surface area (Å²) in [5.41, 5.74) is 5.65. The van der Waals surface area contributed by atoms with Crippen molar-refractivity contribution in [2.75, 3.05) is 25.0 Å². The number of hydrogen-bond donors (Lipinski definition) is 3. The fraction of sp³-hybridized carbons (Fsp3) is 0.385. The second kappa shape index (κ2) is 6.19. The van der Waals surface area contributed by atoms with Crippen LogP contribution in [0.5, 0.6) is 5.75 Å². The summed E-state index contributed by atoms with van der Waals surface area (Å²) in [4.78, 5) is 22.6. The highest BCUT2D eigenvalue weighted by Gasteiger charge is 2.22. The van der Waals surface area contributed by atoms with Gasteiger partial charge in [0.05, 0.1) is 5.92 Å². The molecule has 1 saturated heterocycles. The maximum Gasteiger partial charge on any atom is 0.255 e. The molecule has 0 aromatic heterocycles. The Morgan fingerprint density at radius 1 is 1.47 bits per heavy atom. The predicted molar refractivity (Wildman–Crippen MR) is 70.7 cm³/mol. The van der Waals surface area contributed by atoms with E-state index in [4.69, 9.17) is 10.5 Å². The van der Waals surface area contributed by atoms with Gasteiger partial charge in [0, 0.05) is 18.3 Å². The lowest BCUT2D eigenvalue weighted by Crippen LogP contribution is -2.24. The van der Waals surface area contributed by atoms with Gasteiger partial charge in [-0.15, -0.1) is 0 Å². The number of rotatable bonds is 5. The lowest BCUT2D eigenvalue weighted by Gasteiger charge is -2.11. The van der Waals surface area contributed by atoms with Crippen LogP contribution in [0.3, 0.4) is 0 Å². The smallest absolute Gasteiger partial charge is 0.255 e. The Morgan fingerprint density at radius 2 is 2.32 bits per heavy atom. The monoisotopic (exact) mass is 263 g/mol. The van der Waals surface area contributed by atoms with Crippen molar-refractivity contribution in [3.8, 4) is 5.75 Å². The molecule has 6 nitrogen and oxygen atoms in total. The Hall–Kier alpha value is -2.08. The van der Waals surface area contributed by atoms with E-state index in [0.717, 1.165) is 13.0 Å². The van der Waals surface area contributed by atoms with Crippen molar-refractivity contribution in [2.24, 2.45) is 11.7 Å². The van der Waals surface area contributed by atoms with E-state index in [9.17, 15) is 9.59 Å². The maximum absolute atomic E-state index is 11.9. The van der Waals surface area contributed by atoms with Gasteiger partial charge in [0.15, 0.2) is 6.61 Å². The van der Waals surface area contributed by atoms with E-state index in [1.807, 2.05) is 0 Å². The van der Waals surface area contributed by atoms with Crippen molar-refractivity contribution < 1.29 is 14.3 Å². The van der Waals surface area contributed by atoms with Gasteiger partial charge in [-0.05, 0) is 25.1 Å². The summed E-state index contributed by atoms with van der Waals surface area (Å²) >= 11 is 0. The highest BCUT2D eigenvalue weighted by molar-refractivity contribution is 5.93. The van der Waals surface area contributed by atoms with Gasteiger partial charge < -0.3 is 21.1 Å². The zero-order valence-electron chi connectivity index (χ0n) is 10.5. The molecule has 1 heterocycles. The number of carbonyl (C=O) groups is 2. The van der Waals surface area contributed by atoms with E-state index in [0.29, 0.717) is 18.0 Å². The number of primary amides is 1. The molecule has 1 aromatic carbocycles. The average Bonchev–Trinajstić information content (AvgIpc) is 2.91. The number of hydrogen-bond acceptors (Lipinski definition) is 4. The SMILES string of the molecule is NC(=O)COc1cccc(NC(=O)C2CCNC2)c1. The van der Waals surface area contributed by atoms with E-state index in [2.05, 4.69) is 10.6 Å². The van der Waals surface area contributed by atoms with Crippen molar-refractivity contribution in [3.63, 3.8) is 0 Å². The molecule has 0 bridgehead atoms. The van der Waals surface area contributed by atoms with Crippen molar-refractivity contribution in [3.05, 3.63) is 24.3 Å². The normalized spacial score (nSPS) is 18.0. The summed E-state index contributed by atoms with van der Waals surface area (Å²) in [6, 6.07) is 6.90. The van der Waals surface area contributed by atoms with Gasteiger partial charge in [0.25, 0.3) is 5.91 Å². The van der Waals surface area contributed by atoms with Crippen LogP contribution in [0.15, 0.2) is 24.3 Å². The van der Waals surface area contributed by atoms with Gasteiger partial charge in [-0.25, -0.2) is 0 Å². The van der Waals surface area contributed by atoms with Crippen LogP contribution in [0.25, 0.3) is 0 Å². The molecular formula is C13H17N3O3. The topological polar surface area (TPSA) is 93.5 Å². The van der Waals surface area contributed by atoms with Gasteiger partial charge in [-0.3, -0.25) is 9.59 Å². The molecular weight excluding hydrogens is 246 g/mol. The Bertz CT molecular complexity index is 470. The number of benzene rings is 1. The molecule has 0 saturated carbocycles. The minimum absolute atomic E-state index is 0.00273. The summed E-state index contributed by atoms with van der Waals surface area (Å²) in [5, 5.41) is 5.98. The predicted octanol–water partition coefficient (Wildman–Crippen LogP) is 0.0987. The second-order valence-corrected chi connectivity index (χ2v) is 4.46. The average molecular weight is 263 g/mol. The van der Waals surface area contributed by atoms with Crippen molar-refractivity contribution in [2.45, 2.75) is 6.42 Å². The Balaban J connectivity index is 1.94. The summed E-state index contributed by atoms with van der Waals surface area (Å²) in [5.74, 6) is -0.0279. The highest BCUT2D eigenvalue weighted by atomic mass is 16.5. The molecule has 1 aliphatic rings. The molecule has 1 aliphatic heterocycles. The minimum Gasteiger partial charge on any atom is -0.484 e. The molecule has 1 unspecified atom stereocenters. The van der Waals surface area contributed by atoms with Gasteiger partial charge >= 0.3 is 0 Å².